The van der Waals surface area contributed by atoms with Crippen LogP contribution < -0.4 is 29.3 Å². The summed E-state index contributed by atoms with van der Waals surface area (Å²) in [6, 6.07) is 10.4. The highest BCUT2D eigenvalue weighted by molar-refractivity contribution is 9.10. The smallest absolute Gasteiger partial charge is 0.338 e. The van der Waals surface area contributed by atoms with E-state index in [-0.39, 0.29) is 11.1 Å². The van der Waals surface area contributed by atoms with E-state index in [2.05, 4.69) is 20.9 Å². The molecular formula is C26H26BrN3O5S. The fourth-order valence-corrected chi connectivity index (χ4v) is 5.96. The van der Waals surface area contributed by atoms with Crippen LogP contribution in [0, 0.1) is 0 Å². The van der Waals surface area contributed by atoms with Gasteiger partial charge in [-0.1, -0.05) is 17.4 Å². The lowest BCUT2D eigenvalue weighted by Crippen LogP contribution is -2.40. The monoisotopic (exact) mass is 571 g/mol. The van der Waals surface area contributed by atoms with Crippen LogP contribution in [0.5, 0.6) is 11.5 Å². The Balaban J connectivity index is 1.96. The van der Waals surface area contributed by atoms with Gasteiger partial charge in [-0.05, 0) is 58.8 Å². The van der Waals surface area contributed by atoms with E-state index in [0.717, 1.165) is 15.7 Å². The first-order valence-electron chi connectivity index (χ1n) is 11.0. The van der Waals surface area contributed by atoms with Crippen LogP contribution in [0.25, 0.3) is 6.08 Å². The Labute approximate surface area is 220 Å². The van der Waals surface area contributed by atoms with Crippen molar-refractivity contribution in [2.24, 2.45) is 4.99 Å². The molecule has 0 saturated carbocycles. The highest BCUT2D eigenvalue weighted by Gasteiger charge is 2.35. The van der Waals surface area contributed by atoms with E-state index >= 15 is 0 Å². The number of anilines is 1. The molecule has 1 aliphatic rings. The summed E-state index contributed by atoms with van der Waals surface area (Å²) in [7, 11) is 8.33. The van der Waals surface area contributed by atoms with Crippen molar-refractivity contribution in [2.75, 3.05) is 40.3 Å². The van der Waals surface area contributed by atoms with Gasteiger partial charge in [-0.25, -0.2) is 9.79 Å². The second-order valence-electron chi connectivity index (χ2n) is 8.29. The van der Waals surface area contributed by atoms with Gasteiger partial charge in [0, 0.05) is 30.2 Å². The molecule has 188 valence electrons. The first kappa shape index (κ1) is 25.7. The first-order valence-corrected chi connectivity index (χ1v) is 12.6. The van der Waals surface area contributed by atoms with Gasteiger partial charge in [-0.3, -0.25) is 9.36 Å². The summed E-state index contributed by atoms with van der Waals surface area (Å²) >= 11 is 4.87. The number of fused-ring (bicyclic) bond motifs is 1. The molecule has 1 aromatic heterocycles. The lowest BCUT2D eigenvalue weighted by atomic mass is 9.95. The predicted molar refractivity (Wildman–Crippen MR) is 144 cm³/mol. The van der Waals surface area contributed by atoms with Crippen molar-refractivity contribution in [1.29, 1.82) is 0 Å². The molecule has 0 bridgehead atoms. The van der Waals surface area contributed by atoms with Crippen molar-refractivity contribution in [3.63, 3.8) is 0 Å². The number of halogens is 1. The maximum absolute atomic E-state index is 13.8. The van der Waals surface area contributed by atoms with E-state index in [1.54, 1.807) is 32.2 Å². The largest absolute Gasteiger partial charge is 0.497 e. The van der Waals surface area contributed by atoms with Crippen LogP contribution in [-0.2, 0) is 9.53 Å². The summed E-state index contributed by atoms with van der Waals surface area (Å²) < 4.78 is 19.0. The quantitative estimate of drug-likeness (QED) is 0.422. The Hall–Kier alpha value is -3.37. The van der Waals surface area contributed by atoms with Gasteiger partial charge in [0.15, 0.2) is 4.80 Å². The van der Waals surface area contributed by atoms with Crippen molar-refractivity contribution >= 4 is 45.0 Å². The third-order valence-electron chi connectivity index (χ3n) is 5.91. The van der Waals surface area contributed by atoms with Gasteiger partial charge in [0.25, 0.3) is 5.56 Å². The normalized spacial score (nSPS) is 15.3. The molecule has 10 heteroatoms. The van der Waals surface area contributed by atoms with Gasteiger partial charge in [0.05, 0.1) is 42.8 Å². The Kier molecular flexibility index (Phi) is 7.37. The molecule has 36 heavy (non-hydrogen) atoms. The number of nitrogens with zero attached hydrogens (tertiary/aromatic N) is 3. The average molecular weight is 572 g/mol. The summed E-state index contributed by atoms with van der Waals surface area (Å²) in [6.07, 6.45) is 1.83. The second kappa shape index (κ2) is 10.3. The van der Waals surface area contributed by atoms with Crippen LogP contribution in [0.4, 0.5) is 5.69 Å². The molecule has 0 unspecified atom stereocenters. The van der Waals surface area contributed by atoms with Crippen LogP contribution in [0.2, 0.25) is 0 Å². The second-order valence-corrected chi connectivity index (χ2v) is 10.1. The van der Waals surface area contributed by atoms with Gasteiger partial charge >= 0.3 is 5.97 Å². The van der Waals surface area contributed by atoms with Crippen molar-refractivity contribution in [3.8, 4) is 11.5 Å². The average Bonchev–Trinajstić information content (AvgIpc) is 3.16. The number of hydrogen-bond donors (Lipinski definition) is 0. The van der Waals surface area contributed by atoms with E-state index in [1.807, 2.05) is 43.3 Å². The topological polar surface area (TPSA) is 82.4 Å². The Morgan fingerprint density at radius 2 is 1.89 bits per heavy atom. The summed E-state index contributed by atoms with van der Waals surface area (Å²) in [6.45, 7) is 1.74. The van der Waals surface area contributed by atoms with Crippen LogP contribution in [0.3, 0.4) is 0 Å². The van der Waals surface area contributed by atoms with Crippen molar-refractivity contribution < 1.29 is 19.0 Å². The number of allylic oxidation sites excluding steroid dienone is 1. The molecule has 1 aliphatic heterocycles. The molecule has 4 rings (SSSR count). The number of carbonyl (C=O) groups excluding carboxylic acids is 1. The van der Waals surface area contributed by atoms with Gasteiger partial charge in [-0.2, -0.15) is 0 Å². The third kappa shape index (κ3) is 4.58. The molecule has 2 heterocycles. The van der Waals surface area contributed by atoms with E-state index < -0.39 is 12.0 Å². The molecule has 0 radical (unpaired) electrons. The highest BCUT2D eigenvalue weighted by Crippen LogP contribution is 2.37. The maximum Gasteiger partial charge on any atom is 0.338 e. The fourth-order valence-electron chi connectivity index (χ4n) is 4.16. The zero-order valence-corrected chi connectivity index (χ0v) is 23.2. The molecule has 0 spiro atoms. The summed E-state index contributed by atoms with van der Waals surface area (Å²) in [4.78, 5) is 33.8. The highest BCUT2D eigenvalue weighted by atomic mass is 79.9. The molecule has 0 aliphatic carbocycles. The number of ether oxygens (including phenoxy) is 3. The minimum Gasteiger partial charge on any atom is -0.497 e. The number of aromatic nitrogens is 1. The number of esters is 1. The Bertz CT molecular complexity index is 1550. The van der Waals surface area contributed by atoms with Crippen LogP contribution in [-0.4, -0.2) is 46.0 Å². The zero-order valence-electron chi connectivity index (χ0n) is 20.8. The van der Waals surface area contributed by atoms with E-state index in [4.69, 9.17) is 14.2 Å². The maximum atomic E-state index is 13.8. The van der Waals surface area contributed by atoms with Crippen molar-refractivity contribution in [3.05, 3.63) is 83.0 Å². The number of hydrogen-bond acceptors (Lipinski definition) is 8. The molecule has 3 aromatic rings. The Morgan fingerprint density at radius 3 is 2.50 bits per heavy atom. The summed E-state index contributed by atoms with van der Waals surface area (Å²) in [5.41, 5.74) is 3.01. The van der Waals surface area contributed by atoms with E-state index in [0.29, 0.717) is 32.1 Å². The van der Waals surface area contributed by atoms with Crippen molar-refractivity contribution in [1.82, 2.24) is 4.57 Å². The lowest BCUT2D eigenvalue weighted by molar-refractivity contribution is -0.136. The molecule has 1 atom stereocenters. The van der Waals surface area contributed by atoms with Crippen LogP contribution >= 0.6 is 27.3 Å². The molecule has 8 nitrogen and oxygen atoms in total. The lowest BCUT2D eigenvalue weighted by Gasteiger charge is -2.25. The SMILES string of the molecule is COC(=O)C1=C(C)N=c2sc(=Cc3ccc(N(C)C)c(Br)c3)c(=O)n2[C@H]1c1ccc(OC)cc1OC. The van der Waals surface area contributed by atoms with Gasteiger partial charge < -0.3 is 19.1 Å². The Morgan fingerprint density at radius 1 is 1.14 bits per heavy atom. The summed E-state index contributed by atoms with van der Waals surface area (Å²) in [5.74, 6) is 0.514. The predicted octanol–water partition coefficient (Wildman–Crippen LogP) is 3.25. The molecule has 0 saturated heterocycles. The van der Waals surface area contributed by atoms with Crippen molar-refractivity contribution in [2.45, 2.75) is 13.0 Å². The first-order chi connectivity index (χ1) is 17.2. The minimum atomic E-state index is -0.778. The van der Waals surface area contributed by atoms with Crippen LogP contribution in [0.1, 0.15) is 24.1 Å². The van der Waals surface area contributed by atoms with E-state index in [1.165, 1.54) is 30.1 Å². The molecule has 0 N–H and O–H groups in total. The molecule has 0 fully saturated rings. The third-order valence-corrected chi connectivity index (χ3v) is 7.53. The molecule has 2 aromatic carbocycles. The molecule has 0 amide bonds. The van der Waals surface area contributed by atoms with Crippen LogP contribution in [0.15, 0.2) is 61.9 Å². The number of benzene rings is 2. The number of rotatable bonds is 6. The number of thiazole rings is 1. The van der Waals surface area contributed by atoms with Gasteiger partial charge in [0.1, 0.15) is 17.5 Å². The summed E-state index contributed by atoms with van der Waals surface area (Å²) in [5, 5.41) is 0. The minimum absolute atomic E-state index is 0.261. The standard InChI is InChI=1S/C26H26BrN3O5S/c1-14-22(25(32)35-6)23(17-9-8-16(33-4)13-20(17)34-5)30-24(31)21(36-26(30)28-14)12-15-7-10-19(29(2)3)18(27)11-15/h7-13,23H,1-6H3/t23-/m0/s1. The zero-order chi connectivity index (χ0) is 26.1. The number of methoxy groups -OCH3 is 3. The molecular weight excluding hydrogens is 546 g/mol. The van der Waals surface area contributed by atoms with E-state index in [9.17, 15) is 9.59 Å². The van der Waals surface area contributed by atoms with Gasteiger partial charge in [-0.15, -0.1) is 0 Å². The number of carbonyl (C=O) groups is 1. The van der Waals surface area contributed by atoms with Gasteiger partial charge in [0.2, 0.25) is 0 Å². The fraction of sp³-hybridized carbons (Fsp3) is 0.269.